The first-order chi connectivity index (χ1) is 8.99. The highest BCUT2D eigenvalue weighted by Crippen LogP contribution is 2.36. The van der Waals surface area contributed by atoms with Gasteiger partial charge in [0.1, 0.15) is 0 Å². The van der Waals surface area contributed by atoms with Gasteiger partial charge in [-0.3, -0.25) is 4.79 Å². The second-order valence-corrected chi connectivity index (χ2v) is 6.25. The first-order valence-corrected chi connectivity index (χ1v) is 7.32. The predicted octanol–water partition coefficient (Wildman–Crippen LogP) is 1.87. The Bertz CT molecular complexity index is 307. The van der Waals surface area contributed by atoms with Crippen LogP contribution in [0.2, 0.25) is 0 Å². The van der Waals surface area contributed by atoms with Crippen LogP contribution in [0.4, 0.5) is 0 Å². The number of rotatable bonds is 3. The molecule has 0 radical (unpaired) electrons. The topological polar surface area (TPSA) is 58.4 Å². The fourth-order valence-electron chi connectivity index (χ4n) is 3.13. The van der Waals surface area contributed by atoms with E-state index < -0.39 is 0 Å². The van der Waals surface area contributed by atoms with Gasteiger partial charge < -0.3 is 16.0 Å². The van der Waals surface area contributed by atoms with Crippen molar-refractivity contribution in [2.45, 2.75) is 52.0 Å². The van der Waals surface area contributed by atoms with Crippen molar-refractivity contribution < 1.29 is 4.79 Å². The monoisotopic (exact) mass is 267 g/mol. The van der Waals surface area contributed by atoms with Crippen molar-refractivity contribution in [1.29, 1.82) is 0 Å². The average Bonchev–Trinajstić information content (AvgIpc) is 2.79. The maximum atomic E-state index is 8.58. The third kappa shape index (κ3) is 4.23. The lowest BCUT2D eigenvalue weighted by Crippen LogP contribution is -2.45. The van der Waals surface area contributed by atoms with E-state index in [2.05, 4.69) is 49.0 Å². The van der Waals surface area contributed by atoms with E-state index in [9.17, 15) is 0 Å². The largest absolute Gasteiger partial charge is 0.373 e. The van der Waals surface area contributed by atoms with Gasteiger partial charge in [0.25, 0.3) is 0 Å². The molecule has 19 heavy (non-hydrogen) atoms. The predicted molar refractivity (Wildman–Crippen MR) is 79.6 cm³/mol. The molecule has 0 aliphatic carbocycles. The summed E-state index contributed by atoms with van der Waals surface area (Å²) in [6.07, 6.45) is 10.3. The maximum Gasteiger partial charge on any atom is 0.204 e. The molecule has 0 aromatic carbocycles. The van der Waals surface area contributed by atoms with Gasteiger partial charge in [-0.25, -0.2) is 0 Å². The van der Waals surface area contributed by atoms with Crippen LogP contribution in [-0.2, 0) is 4.79 Å². The van der Waals surface area contributed by atoms with Crippen LogP contribution in [0, 0.1) is 5.41 Å². The fraction of sp³-hybridized carbons (Fsp3) is 0.800. The molecule has 1 saturated heterocycles. The molecule has 2 rings (SSSR count). The molecule has 0 aromatic rings. The lowest BCUT2D eigenvalue weighted by Gasteiger charge is -2.43. The minimum absolute atomic E-state index is 0.250. The molecule has 1 amide bonds. The Balaban J connectivity index is 0.000000550. The molecule has 0 aromatic heterocycles. The summed E-state index contributed by atoms with van der Waals surface area (Å²) >= 11 is 0. The number of hydrogen-bond acceptors (Lipinski definition) is 3. The molecule has 1 fully saturated rings. The van der Waals surface area contributed by atoms with Crippen LogP contribution in [0.1, 0.15) is 46.5 Å². The van der Waals surface area contributed by atoms with E-state index in [0.29, 0.717) is 11.0 Å². The standard InChI is InChI=1S/C14H26N2.CH3NO/c1-4-5-13(2,3)16-10-7-14(8-11-16)6-9-15-12-14;2-1-3/h7,10,15H,4-6,8-9,11-12H2,1-3H3;1H,(H2,2,3). The summed E-state index contributed by atoms with van der Waals surface area (Å²) in [6.45, 7) is 10.6. The smallest absolute Gasteiger partial charge is 0.204 e. The minimum atomic E-state index is 0.250. The van der Waals surface area contributed by atoms with Crippen LogP contribution in [0.5, 0.6) is 0 Å². The molecule has 1 unspecified atom stereocenters. The van der Waals surface area contributed by atoms with E-state index >= 15 is 0 Å². The van der Waals surface area contributed by atoms with Gasteiger partial charge in [-0.05, 0) is 45.9 Å². The van der Waals surface area contributed by atoms with E-state index in [1.165, 1.54) is 45.3 Å². The highest BCUT2D eigenvalue weighted by molar-refractivity contribution is 5.42. The number of nitrogens with one attached hydrogen (secondary N) is 1. The second-order valence-electron chi connectivity index (χ2n) is 6.25. The number of primary amides is 1. The molecule has 1 atom stereocenters. The summed E-state index contributed by atoms with van der Waals surface area (Å²) < 4.78 is 0. The molecular formula is C15H29N3O. The Morgan fingerprint density at radius 1 is 1.47 bits per heavy atom. The number of nitrogens with two attached hydrogens (primary N) is 1. The number of nitrogens with zero attached hydrogens (tertiary/aromatic N) is 1. The van der Waals surface area contributed by atoms with Gasteiger partial charge in [-0.1, -0.05) is 19.4 Å². The molecule has 0 bridgehead atoms. The summed E-state index contributed by atoms with van der Waals surface area (Å²) in [6, 6.07) is 0. The normalized spacial score (nSPS) is 26.2. The zero-order valence-corrected chi connectivity index (χ0v) is 12.6. The van der Waals surface area contributed by atoms with E-state index in [1.807, 2.05) is 0 Å². The van der Waals surface area contributed by atoms with Crippen molar-refractivity contribution in [2.75, 3.05) is 19.6 Å². The zero-order chi connectivity index (χ0) is 14.4. The molecule has 2 heterocycles. The van der Waals surface area contributed by atoms with Crippen molar-refractivity contribution in [3.05, 3.63) is 12.3 Å². The Morgan fingerprint density at radius 2 is 2.16 bits per heavy atom. The molecular weight excluding hydrogens is 238 g/mol. The summed E-state index contributed by atoms with van der Waals surface area (Å²) in [5.74, 6) is 0. The number of carbonyl (C=O) groups is 1. The van der Waals surface area contributed by atoms with Gasteiger partial charge in [0, 0.05) is 24.0 Å². The molecule has 0 saturated carbocycles. The highest BCUT2D eigenvalue weighted by atomic mass is 16.1. The SMILES string of the molecule is CCCC(C)(C)N1C=CC2(CCNC2)CC1.NC=O. The van der Waals surface area contributed by atoms with Gasteiger partial charge in [0.05, 0.1) is 0 Å². The van der Waals surface area contributed by atoms with Crippen molar-refractivity contribution in [1.82, 2.24) is 10.2 Å². The molecule has 1 spiro atoms. The summed E-state index contributed by atoms with van der Waals surface area (Å²) in [7, 11) is 0. The summed E-state index contributed by atoms with van der Waals surface area (Å²) in [5.41, 5.74) is 4.98. The van der Waals surface area contributed by atoms with Crippen molar-refractivity contribution in [2.24, 2.45) is 11.1 Å². The third-order valence-electron chi connectivity index (χ3n) is 4.37. The lowest BCUT2D eigenvalue weighted by molar-refractivity contribution is -0.106. The highest BCUT2D eigenvalue weighted by Gasteiger charge is 2.36. The van der Waals surface area contributed by atoms with E-state index in [-0.39, 0.29) is 6.41 Å². The minimum Gasteiger partial charge on any atom is -0.373 e. The van der Waals surface area contributed by atoms with Gasteiger partial charge in [-0.2, -0.15) is 0 Å². The van der Waals surface area contributed by atoms with Crippen molar-refractivity contribution >= 4 is 6.41 Å². The molecule has 2 aliphatic heterocycles. The van der Waals surface area contributed by atoms with Crippen LogP contribution in [0.25, 0.3) is 0 Å². The summed E-state index contributed by atoms with van der Waals surface area (Å²) in [4.78, 5) is 11.1. The Labute approximate surface area is 117 Å². The Hall–Kier alpha value is -1.03. The maximum absolute atomic E-state index is 8.58. The van der Waals surface area contributed by atoms with E-state index in [4.69, 9.17) is 4.79 Å². The van der Waals surface area contributed by atoms with Crippen LogP contribution in [-0.4, -0.2) is 36.5 Å². The quantitative estimate of drug-likeness (QED) is 0.767. The lowest BCUT2D eigenvalue weighted by atomic mass is 9.80. The van der Waals surface area contributed by atoms with Crippen LogP contribution >= 0.6 is 0 Å². The average molecular weight is 267 g/mol. The van der Waals surface area contributed by atoms with E-state index in [1.54, 1.807) is 0 Å². The van der Waals surface area contributed by atoms with Crippen molar-refractivity contribution in [3.8, 4) is 0 Å². The molecule has 3 N–H and O–H groups in total. The second kappa shape index (κ2) is 6.94. The van der Waals surface area contributed by atoms with E-state index in [0.717, 1.165) is 0 Å². The number of amides is 1. The molecule has 2 aliphatic rings. The first-order valence-electron chi connectivity index (χ1n) is 7.32. The molecule has 4 heteroatoms. The van der Waals surface area contributed by atoms with Crippen LogP contribution in [0.3, 0.4) is 0 Å². The first kappa shape index (κ1) is 16.0. The number of carbonyl (C=O) groups excluding carboxylic acids is 1. The van der Waals surface area contributed by atoms with Crippen LogP contribution < -0.4 is 11.1 Å². The molecule has 4 nitrogen and oxygen atoms in total. The summed E-state index contributed by atoms with van der Waals surface area (Å²) in [5, 5.41) is 3.49. The van der Waals surface area contributed by atoms with Gasteiger partial charge in [0.15, 0.2) is 0 Å². The molecule has 110 valence electrons. The Kier molecular flexibility index (Phi) is 5.85. The van der Waals surface area contributed by atoms with Gasteiger partial charge in [-0.15, -0.1) is 0 Å². The van der Waals surface area contributed by atoms with Gasteiger partial charge >= 0.3 is 0 Å². The Morgan fingerprint density at radius 3 is 2.58 bits per heavy atom. The zero-order valence-electron chi connectivity index (χ0n) is 12.6. The fourth-order valence-corrected chi connectivity index (χ4v) is 3.13. The number of hydrogen-bond donors (Lipinski definition) is 2. The van der Waals surface area contributed by atoms with Gasteiger partial charge in [0.2, 0.25) is 6.41 Å². The van der Waals surface area contributed by atoms with Crippen molar-refractivity contribution in [3.63, 3.8) is 0 Å². The third-order valence-corrected chi connectivity index (χ3v) is 4.37. The van der Waals surface area contributed by atoms with Crippen LogP contribution in [0.15, 0.2) is 12.3 Å².